The molecule has 20 heavy (non-hydrogen) atoms. The van der Waals surface area contributed by atoms with Crippen molar-refractivity contribution in [3.05, 3.63) is 65.5 Å². The Labute approximate surface area is 119 Å². The molecule has 1 aromatic carbocycles. The van der Waals surface area contributed by atoms with Crippen LogP contribution in [0.15, 0.2) is 48.8 Å². The van der Waals surface area contributed by atoms with Gasteiger partial charge in [-0.1, -0.05) is 45.0 Å². The molecule has 1 aromatic heterocycles. The van der Waals surface area contributed by atoms with Gasteiger partial charge in [-0.3, -0.25) is 9.78 Å². The van der Waals surface area contributed by atoms with E-state index in [0.29, 0.717) is 0 Å². The van der Waals surface area contributed by atoms with Crippen molar-refractivity contribution in [1.29, 1.82) is 0 Å². The van der Waals surface area contributed by atoms with Crippen molar-refractivity contribution in [2.75, 3.05) is 0 Å². The molecule has 1 unspecified atom stereocenters. The van der Waals surface area contributed by atoms with E-state index in [1.807, 2.05) is 24.3 Å². The van der Waals surface area contributed by atoms with Crippen molar-refractivity contribution in [2.24, 2.45) is 0 Å². The van der Waals surface area contributed by atoms with E-state index in [4.69, 9.17) is 0 Å². The van der Waals surface area contributed by atoms with E-state index < -0.39 is 11.9 Å². The van der Waals surface area contributed by atoms with E-state index in [1.54, 1.807) is 24.5 Å². The average molecular weight is 269 g/mol. The molecule has 0 fully saturated rings. The zero-order chi connectivity index (χ0) is 14.8. The highest BCUT2D eigenvalue weighted by Gasteiger charge is 2.22. The van der Waals surface area contributed by atoms with E-state index in [0.717, 1.165) is 11.1 Å². The molecule has 1 N–H and O–H groups in total. The molecule has 1 atom stereocenters. The van der Waals surface area contributed by atoms with Gasteiger partial charge in [0.2, 0.25) is 0 Å². The summed E-state index contributed by atoms with van der Waals surface area (Å²) in [5.41, 5.74) is 2.79. The van der Waals surface area contributed by atoms with Gasteiger partial charge in [0.1, 0.15) is 5.92 Å². The summed E-state index contributed by atoms with van der Waals surface area (Å²) in [6.07, 6.45) is 3.24. The third kappa shape index (κ3) is 3.05. The predicted octanol–water partition coefficient (Wildman–Crippen LogP) is 3.60. The highest BCUT2D eigenvalue weighted by molar-refractivity contribution is 5.80. The Bertz CT molecular complexity index is 583. The van der Waals surface area contributed by atoms with E-state index in [9.17, 15) is 9.90 Å². The highest BCUT2D eigenvalue weighted by atomic mass is 16.4. The maximum absolute atomic E-state index is 11.6. The van der Waals surface area contributed by atoms with Crippen LogP contribution in [0.5, 0.6) is 0 Å². The third-order valence-electron chi connectivity index (χ3n) is 3.40. The van der Waals surface area contributed by atoms with Gasteiger partial charge in [-0.25, -0.2) is 0 Å². The highest BCUT2D eigenvalue weighted by Crippen LogP contribution is 2.28. The first-order chi connectivity index (χ1) is 9.39. The third-order valence-corrected chi connectivity index (χ3v) is 3.40. The normalized spacial score (nSPS) is 12.9. The molecule has 0 amide bonds. The smallest absolute Gasteiger partial charge is 0.315 e. The Kier molecular flexibility index (Phi) is 3.89. The number of rotatable bonds is 3. The Balaban J connectivity index is 2.39. The van der Waals surface area contributed by atoms with Crippen LogP contribution >= 0.6 is 0 Å². The second-order valence-electron chi connectivity index (χ2n) is 5.92. The summed E-state index contributed by atoms with van der Waals surface area (Å²) >= 11 is 0. The van der Waals surface area contributed by atoms with Crippen LogP contribution in [0.25, 0.3) is 0 Å². The molecule has 3 nitrogen and oxygen atoms in total. The van der Waals surface area contributed by atoms with Crippen LogP contribution in [-0.2, 0) is 10.2 Å². The van der Waals surface area contributed by atoms with E-state index in [2.05, 4.69) is 25.8 Å². The molecule has 0 saturated heterocycles. The molecule has 2 rings (SSSR count). The van der Waals surface area contributed by atoms with Crippen molar-refractivity contribution in [3.63, 3.8) is 0 Å². The van der Waals surface area contributed by atoms with Gasteiger partial charge >= 0.3 is 5.97 Å². The molecule has 0 aliphatic carbocycles. The molecule has 0 aliphatic heterocycles. The van der Waals surface area contributed by atoms with Crippen LogP contribution in [0.1, 0.15) is 43.4 Å². The number of pyridine rings is 1. The topological polar surface area (TPSA) is 50.2 Å². The van der Waals surface area contributed by atoms with Crippen molar-refractivity contribution in [1.82, 2.24) is 4.98 Å². The number of carboxylic acids is 1. The number of aromatic nitrogens is 1. The van der Waals surface area contributed by atoms with Crippen molar-refractivity contribution in [3.8, 4) is 0 Å². The minimum absolute atomic E-state index is 0.0634. The Morgan fingerprint density at radius 3 is 1.95 bits per heavy atom. The first-order valence-corrected chi connectivity index (χ1v) is 6.63. The minimum atomic E-state index is -0.847. The van der Waals surface area contributed by atoms with E-state index in [-0.39, 0.29) is 5.41 Å². The fourth-order valence-corrected chi connectivity index (χ4v) is 2.21. The predicted molar refractivity (Wildman–Crippen MR) is 78.9 cm³/mol. The van der Waals surface area contributed by atoms with Gasteiger partial charge in [-0.05, 0) is 34.2 Å². The lowest BCUT2D eigenvalue weighted by molar-refractivity contribution is -0.137. The van der Waals surface area contributed by atoms with E-state index in [1.165, 1.54) is 5.56 Å². The van der Waals surface area contributed by atoms with Gasteiger partial charge in [-0.2, -0.15) is 0 Å². The number of aliphatic carboxylic acids is 1. The zero-order valence-electron chi connectivity index (χ0n) is 12.0. The summed E-state index contributed by atoms with van der Waals surface area (Å²) in [6, 6.07) is 11.3. The van der Waals surface area contributed by atoms with Crippen molar-refractivity contribution >= 4 is 5.97 Å². The van der Waals surface area contributed by atoms with Gasteiger partial charge in [0.25, 0.3) is 0 Å². The molecule has 0 bridgehead atoms. The monoisotopic (exact) mass is 269 g/mol. The van der Waals surface area contributed by atoms with Crippen molar-refractivity contribution in [2.45, 2.75) is 32.1 Å². The fraction of sp³-hybridized carbons (Fsp3) is 0.294. The molecular weight excluding hydrogens is 250 g/mol. The van der Waals surface area contributed by atoms with Gasteiger partial charge in [0.15, 0.2) is 0 Å². The summed E-state index contributed by atoms with van der Waals surface area (Å²) in [5.74, 6) is -1.49. The molecule has 3 heteroatoms. The molecular formula is C17H19NO2. The largest absolute Gasteiger partial charge is 0.481 e. The summed E-state index contributed by atoms with van der Waals surface area (Å²) in [6.45, 7) is 6.42. The summed E-state index contributed by atoms with van der Waals surface area (Å²) in [4.78, 5) is 15.5. The van der Waals surface area contributed by atoms with Crippen LogP contribution < -0.4 is 0 Å². The quantitative estimate of drug-likeness (QED) is 0.926. The van der Waals surface area contributed by atoms with Gasteiger partial charge in [0, 0.05) is 12.4 Å². The van der Waals surface area contributed by atoms with E-state index >= 15 is 0 Å². The van der Waals surface area contributed by atoms with Crippen LogP contribution in [0.2, 0.25) is 0 Å². The number of hydrogen-bond donors (Lipinski definition) is 1. The Morgan fingerprint density at radius 2 is 1.50 bits per heavy atom. The standard InChI is InChI=1S/C17H19NO2/c1-17(2,3)14-6-4-12(5-7-14)15(16(19)20)13-8-10-18-11-9-13/h4-11,15H,1-3H3,(H,19,20). The number of hydrogen-bond acceptors (Lipinski definition) is 2. The molecule has 104 valence electrons. The first kappa shape index (κ1) is 14.3. The summed E-state index contributed by atoms with van der Waals surface area (Å²) in [5, 5.41) is 9.49. The molecule has 1 heterocycles. The minimum Gasteiger partial charge on any atom is -0.481 e. The second kappa shape index (κ2) is 5.45. The fourth-order valence-electron chi connectivity index (χ4n) is 2.21. The number of benzene rings is 1. The zero-order valence-corrected chi connectivity index (χ0v) is 12.0. The summed E-state index contributed by atoms with van der Waals surface area (Å²) in [7, 11) is 0. The molecule has 0 saturated carbocycles. The average Bonchev–Trinajstić information content (AvgIpc) is 2.39. The number of carbonyl (C=O) groups is 1. The number of nitrogens with zero attached hydrogens (tertiary/aromatic N) is 1. The van der Waals surface area contributed by atoms with Gasteiger partial charge in [0.05, 0.1) is 0 Å². The molecule has 2 aromatic rings. The van der Waals surface area contributed by atoms with Crippen LogP contribution in [0, 0.1) is 0 Å². The lowest BCUT2D eigenvalue weighted by Crippen LogP contribution is -2.15. The van der Waals surface area contributed by atoms with Gasteiger partial charge in [-0.15, -0.1) is 0 Å². The molecule has 0 spiro atoms. The Hall–Kier alpha value is -2.16. The number of carboxylic acid groups (broad SMARTS) is 1. The molecule has 0 aliphatic rings. The summed E-state index contributed by atoms with van der Waals surface area (Å²) < 4.78 is 0. The van der Waals surface area contributed by atoms with Crippen molar-refractivity contribution < 1.29 is 9.90 Å². The van der Waals surface area contributed by atoms with Gasteiger partial charge < -0.3 is 5.11 Å². The van der Waals surface area contributed by atoms with Crippen LogP contribution in [-0.4, -0.2) is 16.1 Å². The first-order valence-electron chi connectivity index (χ1n) is 6.63. The maximum atomic E-state index is 11.6. The lowest BCUT2D eigenvalue weighted by atomic mass is 9.84. The maximum Gasteiger partial charge on any atom is 0.315 e. The van der Waals surface area contributed by atoms with Crippen LogP contribution in [0.3, 0.4) is 0 Å². The SMILES string of the molecule is CC(C)(C)c1ccc(C(C(=O)O)c2ccncc2)cc1. The van der Waals surface area contributed by atoms with Crippen LogP contribution in [0.4, 0.5) is 0 Å². The Morgan fingerprint density at radius 1 is 1.00 bits per heavy atom. The molecule has 0 radical (unpaired) electrons. The lowest BCUT2D eigenvalue weighted by Gasteiger charge is -2.20. The second-order valence-corrected chi connectivity index (χ2v) is 5.92.